The molecule has 1 aliphatic heterocycles. The standard InChI is InChI=1S/C20H19N5O/c1-24-13-12-19(23-24)21-20(26)17-14-18(15-8-4-2-5-9-15)25(22-17)16-10-6-3-7-11-16/h2-13,18H,14H2,1H3,(H,21,23,26)/t18-/m0/s1. The van der Waals surface area contributed by atoms with E-state index in [-0.39, 0.29) is 11.9 Å². The third-order valence-corrected chi connectivity index (χ3v) is 4.33. The van der Waals surface area contributed by atoms with Crippen LogP contribution >= 0.6 is 0 Å². The third-order valence-electron chi connectivity index (χ3n) is 4.33. The van der Waals surface area contributed by atoms with Crippen LogP contribution in [0.1, 0.15) is 18.0 Å². The predicted octanol–water partition coefficient (Wildman–Crippen LogP) is 3.37. The lowest BCUT2D eigenvalue weighted by molar-refractivity contribution is -0.110. The second kappa shape index (κ2) is 6.84. The van der Waals surface area contributed by atoms with Crippen LogP contribution in [0.5, 0.6) is 0 Å². The number of hydrazone groups is 1. The number of anilines is 2. The molecule has 0 saturated carbocycles. The van der Waals surface area contributed by atoms with E-state index in [1.807, 2.05) is 60.6 Å². The maximum atomic E-state index is 12.7. The molecule has 1 aromatic heterocycles. The van der Waals surface area contributed by atoms with Crippen LogP contribution in [0.3, 0.4) is 0 Å². The third kappa shape index (κ3) is 3.21. The molecular weight excluding hydrogens is 326 g/mol. The number of benzene rings is 2. The zero-order valence-electron chi connectivity index (χ0n) is 14.4. The maximum absolute atomic E-state index is 12.7. The fourth-order valence-electron chi connectivity index (χ4n) is 3.07. The summed E-state index contributed by atoms with van der Waals surface area (Å²) in [5.74, 6) is 0.303. The van der Waals surface area contributed by atoms with Gasteiger partial charge in [0, 0.05) is 25.7 Å². The number of nitrogens with zero attached hydrogens (tertiary/aromatic N) is 4. The summed E-state index contributed by atoms with van der Waals surface area (Å²) in [6.45, 7) is 0. The Morgan fingerprint density at radius 2 is 1.73 bits per heavy atom. The van der Waals surface area contributed by atoms with Gasteiger partial charge in [-0.1, -0.05) is 48.5 Å². The number of nitrogens with one attached hydrogen (secondary N) is 1. The first kappa shape index (κ1) is 16.1. The molecule has 0 radical (unpaired) electrons. The van der Waals surface area contributed by atoms with Gasteiger partial charge in [0.1, 0.15) is 5.71 Å². The minimum atomic E-state index is -0.219. The predicted molar refractivity (Wildman–Crippen MR) is 102 cm³/mol. The van der Waals surface area contributed by atoms with E-state index < -0.39 is 0 Å². The molecule has 4 rings (SSSR count). The number of aryl methyl sites for hydroxylation is 1. The summed E-state index contributed by atoms with van der Waals surface area (Å²) in [5.41, 5.74) is 2.58. The quantitative estimate of drug-likeness (QED) is 0.789. The molecule has 0 saturated heterocycles. The Morgan fingerprint density at radius 1 is 1.04 bits per heavy atom. The smallest absolute Gasteiger partial charge is 0.273 e. The Bertz CT molecular complexity index is 933. The summed E-state index contributed by atoms with van der Waals surface area (Å²) in [7, 11) is 1.81. The Kier molecular flexibility index (Phi) is 4.23. The van der Waals surface area contributed by atoms with Crippen LogP contribution in [0.15, 0.2) is 78.0 Å². The summed E-state index contributed by atoms with van der Waals surface area (Å²) >= 11 is 0. The average Bonchev–Trinajstić information content (AvgIpc) is 3.30. The lowest BCUT2D eigenvalue weighted by Gasteiger charge is -2.23. The van der Waals surface area contributed by atoms with Crippen molar-refractivity contribution in [2.75, 3.05) is 10.3 Å². The lowest BCUT2D eigenvalue weighted by Crippen LogP contribution is -2.22. The highest BCUT2D eigenvalue weighted by Crippen LogP contribution is 2.35. The highest BCUT2D eigenvalue weighted by atomic mass is 16.2. The van der Waals surface area contributed by atoms with Crippen LogP contribution in [0.2, 0.25) is 0 Å². The number of para-hydroxylation sites is 1. The van der Waals surface area contributed by atoms with Crippen molar-refractivity contribution >= 4 is 23.1 Å². The molecule has 2 heterocycles. The molecule has 0 bridgehead atoms. The second-order valence-electron chi connectivity index (χ2n) is 6.19. The van der Waals surface area contributed by atoms with E-state index in [0.29, 0.717) is 18.0 Å². The number of hydrogen-bond acceptors (Lipinski definition) is 4. The minimum Gasteiger partial charge on any atom is -0.304 e. The van der Waals surface area contributed by atoms with Crippen molar-refractivity contribution < 1.29 is 4.79 Å². The Balaban J connectivity index is 1.62. The van der Waals surface area contributed by atoms with Gasteiger partial charge in [-0.25, -0.2) is 0 Å². The van der Waals surface area contributed by atoms with Gasteiger partial charge in [-0.05, 0) is 17.7 Å². The number of carbonyl (C=O) groups is 1. The molecule has 0 unspecified atom stereocenters. The first-order valence-corrected chi connectivity index (χ1v) is 8.48. The van der Waals surface area contributed by atoms with Crippen LogP contribution in [0.4, 0.5) is 11.5 Å². The summed E-state index contributed by atoms with van der Waals surface area (Å²) < 4.78 is 1.65. The monoisotopic (exact) mass is 345 g/mol. The maximum Gasteiger partial charge on any atom is 0.273 e. The van der Waals surface area contributed by atoms with Crippen LogP contribution in [-0.4, -0.2) is 21.4 Å². The van der Waals surface area contributed by atoms with Gasteiger partial charge in [0.2, 0.25) is 0 Å². The van der Waals surface area contributed by atoms with Crippen molar-refractivity contribution in [3.63, 3.8) is 0 Å². The molecule has 0 aliphatic carbocycles. The van der Waals surface area contributed by atoms with Gasteiger partial charge in [-0.15, -0.1) is 0 Å². The normalized spacial score (nSPS) is 16.4. The van der Waals surface area contributed by atoms with Crippen LogP contribution in [-0.2, 0) is 11.8 Å². The van der Waals surface area contributed by atoms with E-state index in [1.54, 1.807) is 16.9 Å². The minimum absolute atomic E-state index is 0.0110. The SMILES string of the molecule is Cn1ccc(NC(=O)C2=NN(c3ccccc3)[C@H](c3ccccc3)C2)n1. The van der Waals surface area contributed by atoms with E-state index >= 15 is 0 Å². The largest absolute Gasteiger partial charge is 0.304 e. The molecule has 2 aromatic carbocycles. The molecule has 6 nitrogen and oxygen atoms in total. The van der Waals surface area contributed by atoms with Gasteiger partial charge in [0.25, 0.3) is 5.91 Å². The summed E-state index contributed by atoms with van der Waals surface area (Å²) in [6, 6.07) is 21.8. The van der Waals surface area contributed by atoms with Crippen LogP contribution in [0, 0.1) is 0 Å². The fourth-order valence-corrected chi connectivity index (χ4v) is 3.07. The topological polar surface area (TPSA) is 62.5 Å². The molecule has 6 heteroatoms. The molecule has 1 aliphatic rings. The molecule has 26 heavy (non-hydrogen) atoms. The molecule has 0 spiro atoms. The average molecular weight is 345 g/mol. The highest BCUT2D eigenvalue weighted by molar-refractivity contribution is 6.43. The number of carbonyl (C=O) groups excluding carboxylic acids is 1. The van der Waals surface area contributed by atoms with E-state index in [9.17, 15) is 4.79 Å². The first-order valence-electron chi connectivity index (χ1n) is 8.48. The Morgan fingerprint density at radius 3 is 2.38 bits per heavy atom. The molecule has 1 N–H and O–H groups in total. The lowest BCUT2D eigenvalue weighted by atomic mass is 10.0. The van der Waals surface area contributed by atoms with Crippen molar-refractivity contribution in [1.29, 1.82) is 0 Å². The molecular formula is C20H19N5O. The van der Waals surface area contributed by atoms with Crippen molar-refractivity contribution in [3.8, 4) is 0 Å². The van der Waals surface area contributed by atoms with Gasteiger partial charge in [0.05, 0.1) is 11.7 Å². The van der Waals surface area contributed by atoms with Crippen molar-refractivity contribution in [1.82, 2.24) is 9.78 Å². The number of rotatable bonds is 4. The molecule has 130 valence electrons. The Labute approximate surface area is 151 Å². The van der Waals surface area contributed by atoms with E-state index in [1.165, 1.54) is 0 Å². The van der Waals surface area contributed by atoms with Gasteiger partial charge in [-0.2, -0.15) is 10.2 Å². The van der Waals surface area contributed by atoms with E-state index in [4.69, 9.17) is 0 Å². The number of aromatic nitrogens is 2. The van der Waals surface area contributed by atoms with Gasteiger partial charge < -0.3 is 5.32 Å². The van der Waals surface area contributed by atoms with Gasteiger partial charge in [0.15, 0.2) is 5.82 Å². The summed E-state index contributed by atoms with van der Waals surface area (Å²) in [5, 5.41) is 13.6. The van der Waals surface area contributed by atoms with Gasteiger partial charge in [-0.3, -0.25) is 14.5 Å². The molecule has 1 atom stereocenters. The van der Waals surface area contributed by atoms with E-state index in [0.717, 1.165) is 11.3 Å². The summed E-state index contributed by atoms with van der Waals surface area (Å²) in [4.78, 5) is 12.7. The van der Waals surface area contributed by atoms with Crippen molar-refractivity contribution in [2.45, 2.75) is 12.5 Å². The zero-order chi connectivity index (χ0) is 17.9. The van der Waals surface area contributed by atoms with Crippen molar-refractivity contribution in [2.24, 2.45) is 12.1 Å². The van der Waals surface area contributed by atoms with E-state index in [2.05, 4.69) is 27.6 Å². The second-order valence-corrected chi connectivity index (χ2v) is 6.19. The number of hydrogen-bond donors (Lipinski definition) is 1. The molecule has 3 aromatic rings. The summed E-state index contributed by atoms with van der Waals surface area (Å²) in [6.07, 6.45) is 2.33. The Hall–Kier alpha value is -3.41. The first-order chi connectivity index (χ1) is 12.7. The van der Waals surface area contributed by atoms with Crippen LogP contribution < -0.4 is 10.3 Å². The van der Waals surface area contributed by atoms with Gasteiger partial charge >= 0.3 is 0 Å². The molecule has 0 fully saturated rings. The highest BCUT2D eigenvalue weighted by Gasteiger charge is 2.32. The van der Waals surface area contributed by atoms with Crippen molar-refractivity contribution in [3.05, 3.63) is 78.5 Å². The fraction of sp³-hybridized carbons (Fsp3) is 0.150. The zero-order valence-corrected chi connectivity index (χ0v) is 14.4. The number of amides is 1. The van der Waals surface area contributed by atoms with Crippen LogP contribution in [0.25, 0.3) is 0 Å². The molecule has 1 amide bonds.